The number of hydrogen-bond donors (Lipinski definition) is 6. The number of sulfone groups is 1. The van der Waals surface area contributed by atoms with Crippen LogP contribution in [0.15, 0.2) is 136 Å². The van der Waals surface area contributed by atoms with Crippen molar-refractivity contribution in [3.8, 4) is 11.5 Å². The van der Waals surface area contributed by atoms with E-state index < -0.39 is 107 Å². The van der Waals surface area contributed by atoms with E-state index in [9.17, 15) is 92.3 Å². The number of primary sulfonamides is 2. The van der Waals surface area contributed by atoms with Gasteiger partial charge in [0.05, 0.1) is 84.9 Å². The van der Waals surface area contributed by atoms with Gasteiger partial charge in [-0.2, -0.15) is 44.6 Å². The number of carbonyl (C=O) groups is 4. The van der Waals surface area contributed by atoms with Crippen molar-refractivity contribution in [2.75, 3.05) is 133 Å². The van der Waals surface area contributed by atoms with Crippen molar-refractivity contribution in [2.45, 2.75) is 121 Å². The van der Waals surface area contributed by atoms with Crippen LogP contribution in [0.4, 0.5) is 51.7 Å². The standard InChI is InChI=1S/C51H58F3N7O8S.C15H22N4O6S.C9H18N2O2.C6H5FN2O4S.2H2S/c1-32(2)49(63)60-20-21-68-39(30-60)28-56-44-11-8-40(25-45(44)61(64)65)70(66,67)31-46(62)42-10-7-37(24-47(42)69-38-23-34-13-15-55-48(34)57-27-38)59-18-16-58(17-19-59)29-35-12-14-50(4,5)26-43(35)41-9-6-36(22-33(41)3)51(52,53)54;1-10(2)15(20)18-5-6-25-11(9-18)8-17-13-4-3-12(26(16,23)24)7-14(13)19(21)22;1-7(2)9(12)11-3-4-13-8(5-10)6-11;7-5-2-1-4(14(8,12)13)3-6(5)9(10)11;;/h6-11,13,15,22-25,27,32,39,56H,12,14,16-21,26,28-31H2,1-5H3,(H,55,57);3-4,7,10-11,17H,5-6,8-9H2,1-2H3,(H2,16,23,24);7-8H,3-6,10H2,1-2H3;1-3H,(H2,8,12,13);2*1H2/t39-;11-;8-;;;/m000.../s1. The number of pyridine rings is 1. The Hall–Kier alpha value is -10.0. The summed E-state index contributed by atoms with van der Waals surface area (Å²) in [6.45, 7) is 25.6. The number of allylic oxidation sites excluding steroid dienone is 1. The molecule has 0 saturated carbocycles. The van der Waals surface area contributed by atoms with Gasteiger partial charge in [0.15, 0.2) is 15.6 Å². The van der Waals surface area contributed by atoms with Crippen LogP contribution < -0.4 is 36.3 Å². The molecule has 4 fully saturated rings. The van der Waals surface area contributed by atoms with Gasteiger partial charge in [-0.05, 0) is 121 Å². The average Bonchev–Trinajstić information content (AvgIpc) is 0.894. The zero-order valence-corrected chi connectivity index (χ0v) is 74.9. The highest BCUT2D eigenvalue weighted by Gasteiger charge is 2.36. The Kier molecular flexibility index (Phi) is 35.9. The Morgan fingerprint density at radius 2 is 1.13 bits per heavy atom. The molecule has 3 amide bonds. The molecular weight excluding hydrogens is 1740 g/mol. The summed E-state index contributed by atoms with van der Waals surface area (Å²) in [5, 5.41) is 50.0. The van der Waals surface area contributed by atoms with Crippen LogP contribution in [-0.2, 0) is 64.7 Å². The lowest BCUT2D eigenvalue weighted by atomic mass is 9.72. The van der Waals surface area contributed by atoms with Gasteiger partial charge in [0.2, 0.25) is 43.6 Å². The number of sulfonamides is 2. The number of ether oxygens (including phenoxy) is 4. The second kappa shape index (κ2) is 43.9. The molecule has 3 atom stereocenters. The first-order valence-corrected chi connectivity index (χ1v) is 44.3. The molecule has 0 radical (unpaired) electrons. The molecule has 0 spiro atoms. The molecule has 4 aliphatic heterocycles. The molecule has 1 aliphatic carbocycles. The lowest BCUT2D eigenvalue weighted by Gasteiger charge is -2.39. The molecule has 684 valence electrons. The highest BCUT2D eigenvalue weighted by molar-refractivity contribution is 7.92. The monoisotopic (exact) mass is 1850 g/mol. The zero-order valence-electron chi connectivity index (χ0n) is 70.4. The summed E-state index contributed by atoms with van der Waals surface area (Å²) < 4.78 is 149. The number of anilines is 3. The summed E-state index contributed by atoms with van der Waals surface area (Å²) in [6, 6.07) is 21.5. The van der Waals surface area contributed by atoms with E-state index in [-0.39, 0.29) is 121 Å². The maximum Gasteiger partial charge on any atom is 0.416 e. The molecule has 0 unspecified atom stereocenters. The van der Waals surface area contributed by atoms with E-state index in [1.165, 1.54) is 54.2 Å². The van der Waals surface area contributed by atoms with Crippen molar-refractivity contribution in [3.05, 3.63) is 180 Å². The third-order valence-electron chi connectivity index (χ3n) is 21.0. The summed E-state index contributed by atoms with van der Waals surface area (Å²) in [4.78, 5) is 97.6. The third-order valence-corrected chi connectivity index (χ3v) is 24.4. The fourth-order valence-corrected chi connectivity index (χ4v) is 16.7. The predicted octanol–water partition coefficient (Wildman–Crippen LogP) is 10.3. The molecule has 125 heavy (non-hydrogen) atoms. The van der Waals surface area contributed by atoms with Gasteiger partial charge in [0.1, 0.15) is 34.3 Å². The van der Waals surface area contributed by atoms with Gasteiger partial charge in [-0.3, -0.25) is 54.4 Å². The highest BCUT2D eigenvalue weighted by atomic mass is 32.2. The normalized spacial score (nSPS) is 17.6. The molecule has 9 N–H and O–H groups in total. The Morgan fingerprint density at radius 1 is 0.640 bits per heavy atom. The van der Waals surface area contributed by atoms with Crippen LogP contribution in [0.3, 0.4) is 0 Å². The van der Waals surface area contributed by atoms with E-state index in [1.54, 1.807) is 47.2 Å². The highest BCUT2D eigenvalue weighted by Crippen LogP contribution is 2.45. The number of amides is 3. The molecule has 35 nitrogen and oxygen atoms in total. The van der Waals surface area contributed by atoms with Gasteiger partial charge in [-0.1, -0.05) is 67.0 Å². The van der Waals surface area contributed by atoms with Crippen LogP contribution in [0.5, 0.6) is 11.5 Å². The number of Topliss-reactive ketones (excluding diaryl/α,β-unsaturated/α-hetero) is 1. The van der Waals surface area contributed by atoms with Gasteiger partial charge < -0.3 is 59.9 Å². The Labute approximate surface area is 735 Å². The number of carbonyl (C=O) groups excluding carboxylic acids is 4. The number of morpholine rings is 3. The first kappa shape index (κ1) is 102. The molecule has 4 saturated heterocycles. The number of piperazine rings is 1. The number of aryl methyl sites for hydroxylation is 1. The van der Waals surface area contributed by atoms with Crippen molar-refractivity contribution in [3.63, 3.8) is 0 Å². The summed E-state index contributed by atoms with van der Waals surface area (Å²) in [5.41, 5.74) is 8.37. The number of halogens is 4. The molecule has 5 aliphatic rings. The lowest BCUT2D eigenvalue weighted by molar-refractivity contribution is -0.387. The second-order valence-electron chi connectivity index (χ2n) is 31.9. The second-order valence-corrected chi connectivity index (χ2v) is 37.0. The van der Waals surface area contributed by atoms with Gasteiger partial charge in [-0.25, -0.2) is 40.5 Å². The van der Waals surface area contributed by atoms with Gasteiger partial charge >= 0.3 is 11.9 Å². The lowest BCUT2D eigenvalue weighted by Crippen LogP contribution is -2.49. The van der Waals surface area contributed by atoms with E-state index in [4.69, 9.17) is 35.0 Å². The minimum absolute atomic E-state index is 0. The molecule has 12 rings (SSSR count). The quantitative estimate of drug-likeness (QED) is 0.0134. The number of hydrogen-bond acceptors (Lipinski definition) is 26. The van der Waals surface area contributed by atoms with Gasteiger partial charge in [0.25, 0.3) is 11.4 Å². The number of rotatable bonds is 25. The molecule has 5 aromatic carbocycles. The number of nitro groups is 3. The van der Waals surface area contributed by atoms with Gasteiger partial charge in [-0.15, -0.1) is 0 Å². The fraction of sp³-hybridized carbons (Fsp3) is 0.469. The van der Waals surface area contributed by atoms with E-state index in [0.29, 0.717) is 127 Å². The van der Waals surface area contributed by atoms with Crippen LogP contribution in [0.25, 0.3) is 16.6 Å². The maximum absolute atomic E-state index is 14.1. The van der Waals surface area contributed by atoms with Crippen LogP contribution in [0.2, 0.25) is 0 Å². The van der Waals surface area contributed by atoms with E-state index >= 15 is 0 Å². The largest absolute Gasteiger partial charge is 0.455 e. The van der Waals surface area contributed by atoms with Crippen molar-refractivity contribution >= 4 is 131 Å². The number of benzene rings is 5. The SMILES string of the molecule is CC(C)C(=O)N1CCO[C@@H](CN)C1.CC(C)C(=O)N1CCO[C@@H](CNc2ccc(S(N)(=O)=O)cc2[N+](=O)[O-])C1.Cc1cc(C(F)(F)F)ccc1C1=C(CN2CCN(c3ccc(C(=O)CS(=O)(=O)c4ccc(NC[C@H]5CN(C(=O)C(C)C)CCO5)c([N+](=O)[O-])c4)c(Oc4cnc5[nH]ccc5c4)c3)CC2)CCC(C)(C)C1.NS(=O)(=O)c1ccc(F)c([N+](=O)[O-])c1.S.S. The Bertz CT molecular complexity index is 5450. The first-order valence-electron chi connectivity index (χ1n) is 39.5. The number of nitrogens with two attached hydrogens (primary N) is 3. The summed E-state index contributed by atoms with van der Waals surface area (Å²) in [7, 11) is -12.5. The van der Waals surface area contributed by atoms with E-state index in [1.807, 2.05) is 52.5 Å². The molecule has 6 heterocycles. The number of H-pyrrole nitrogens is 1. The Morgan fingerprint density at radius 3 is 1.62 bits per heavy atom. The predicted molar refractivity (Wildman–Crippen MR) is 471 cm³/mol. The van der Waals surface area contributed by atoms with E-state index in [2.05, 4.69) is 44.2 Å². The van der Waals surface area contributed by atoms with Crippen molar-refractivity contribution in [2.24, 2.45) is 39.2 Å². The van der Waals surface area contributed by atoms with Crippen molar-refractivity contribution < 1.29 is 95.7 Å². The number of aromatic nitrogens is 2. The minimum Gasteiger partial charge on any atom is -0.455 e. The molecule has 0 bridgehead atoms. The molecular formula is C81H107F4N15O20S5. The average molecular weight is 1850 g/mol. The van der Waals surface area contributed by atoms with Crippen LogP contribution in [0.1, 0.15) is 102 Å². The first-order chi connectivity index (χ1) is 57.7. The maximum atomic E-state index is 14.1. The number of nitrogens with zero attached hydrogens (tertiary/aromatic N) is 9. The Balaban J connectivity index is 0.000000314. The topological polar surface area (TPSA) is 484 Å². The van der Waals surface area contributed by atoms with Crippen LogP contribution in [0, 0.1) is 66.3 Å². The number of fused-ring (bicyclic) bond motifs is 1. The summed E-state index contributed by atoms with van der Waals surface area (Å²) >= 11 is 0. The molecule has 2 aromatic heterocycles. The molecule has 7 aromatic rings. The zero-order chi connectivity index (χ0) is 90.4. The summed E-state index contributed by atoms with van der Waals surface area (Å²) in [6.07, 6.45) is 0.622. The number of nitrogens with one attached hydrogen (secondary N) is 3. The minimum atomic E-state index is -4.43. The number of ketones is 1. The third kappa shape index (κ3) is 28.0. The van der Waals surface area contributed by atoms with Crippen LogP contribution >= 0.6 is 27.0 Å². The number of alkyl halides is 3. The number of aromatic amines is 1. The smallest absolute Gasteiger partial charge is 0.416 e. The summed E-state index contributed by atoms with van der Waals surface area (Å²) in [5.74, 6) is -2.53. The number of nitro benzene ring substituents is 3. The van der Waals surface area contributed by atoms with Crippen molar-refractivity contribution in [1.29, 1.82) is 0 Å². The van der Waals surface area contributed by atoms with Gasteiger partial charge in [0, 0.05) is 151 Å². The van der Waals surface area contributed by atoms with Crippen molar-refractivity contribution in [1.82, 2.24) is 29.6 Å². The van der Waals surface area contributed by atoms with E-state index in [0.717, 1.165) is 59.7 Å². The molecule has 44 heteroatoms. The van der Waals surface area contributed by atoms with Crippen LogP contribution in [-0.4, -0.2) is 229 Å². The fourth-order valence-electron chi connectivity index (χ4n) is 14.4.